The van der Waals surface area contributed by atoms with Gasteiger partial charge in [0.2, 0.25) is 15.9 Å². The van der Waals surface area contributed by atoms with Crippen LogP contribution in [0.25, 0.3) is 10.2 Å². The summed E-state index contributed by atoms with van der Waals surface area (Å²) in [5, 5.41) is 3.41. The maximum atomic E-state index is 13.4. The van der Waals surface area contributed by atoms with Crippen molar-refractivity contribution in [3.63, 3.8) is 0 Å². The third kappa shape index (κ3) is 6.87. The SMILES string of the molecule is CCCCN(CCCC)S(=O)(=O)c1ccc2nc(NC(=O)CC(c3ccccc3)c3ccccc3)sc2c1. The van der Waals surface area contributed by atoms with Crippen LogP contribution in [-0.2, 0) is 14.8 Å². The van der Waals surface area contributed by atoms with E-state index in [0.29, 0.717) is 23.7 Å². The van der Waals surface area contributed by atoms with Gasteiger partial charge in [0.15, 0.2) is 5.13 Å². The summed E-state index contributed by atoms with van der Waals surface area (Å²) in [5.74, 6) is -0.222. The van der Waals surface area contributed by atoms with Gasteiger partial charge in [-0.25, -0.2) is 13.4 Å². The highest BCUT2D eigenvalue weighted by Gasteiger charge is 2.25. The van der Waals surface area contributed by atoms with E-state index in [0.717, 1.165) is 41.5 Å². The number of unbranched alkanes of at least 4 members (excludes halogenated alkanes) is 2. The first-order valence-electron chi connectivity index (χ1n) is 13.2. The number of carbonyl (C=O) groups excluding carboxylic acids is 1. The van der Waals surface area contributed by atoms with Gasteiger partial charge in [-0.3, -0.25) is 4.79 Å². The lowest BCUT2D eigenvalue weighted by Crippen LogP contribution is -2.33. The maximum Gasteiger partial charge on any atom is 0.243 e. The highest BCUT2D eigenvalue weighted by Crippen LogP contribution is 2.32. The van der Waals surface area contributed by atoms with Crippen molar-refractivity contribution in [1.82, 2.24) is 9.29 Å². The van der Waals surface area contributed by atoms with Gasteiger partial charge in [-0.1, -0.05) is 98.7 Å². The number of aromatic nitrogens is 1. The molecule has 3 aromatic carbocycles. The van der Waals surface area contributed by atoms with Crippen molar-refractivity contribution in [1.29, 1.82) is 0 Å². The molecule has 0 saturated heterocycles. The number of nitrogens with zero attached hydrogens (tertiary/aromatic N) is 2. The van der Waals surface area contributed by atoms with E-state index in [1.165, 1.54) is 11.3 Å². The van der Waals surface area contributed by atoms with Crippen LogP contribution < -0.4 is 5.32 Å². The van der Waals surface area contributed by atoms with Crippen LogP contribution in [0.4, 0.5) is 5.13 Å². The van der Waals surface area contributed by atoms with Gasteiger partial charge in [-0.2, -0.15) is 4.31 Å². The molecular formula is C30H35N3O3S2. The van der Waals surface area contributed by atoms with E-state index in [1.807, 2.05) is 60.7 Å². The van der Waals surface area contributed by atoms with E-state index in [9.17, 15) is 13.2 Å². The lowest BCUT2D eigenvalue weighted by atomic mass is 9.88. The van der Waals surface area contributed by atoms with Crippen LogP contribution >= 0.6 is 11.3 Å². The van der Waals surface area contributed by atoms with E-state index >= 15 is 0 Å². The van der Waals surface area contributed by atoms with Crippen LogP contribution in [0.3, 0.4) is 0 Å². The van der Waals surface area contributed by atoms with Gasteiger partial charge < -0.3 is 5.32 Å². The third-order valence-corrected chi connectivity index (χ3v) is 9.39. The normalized spacial score (nSPS) is 11.9. The number of anilines is 1. The van der Waals surface area contributed by atoms with Crippen LogP contribution in [0.5, 0.6) is 0 Å². The fraction of sp³-hybridized carbons (Fsp3) is 0.333. The molecule has 0 aliphatic rings. The predicted molar refractivity (Wildman–Crippen MR) is 156 cm³/mol. The van der Waals surface area contributed by atoms with E-state index in [-0.39, 0.29) is 23.1 Å². The van der Waals surface area contributed by atoms with Crippen LogP contribution in [0.15, 0.2) is 83.8 Å². The molecule has 0 spiro atoms. The summed E-state index contributed by atoms with van der Waals surface area (Å²) in [5.41, 5.74) is 2.81. The molecule has 200 valence electrons. The number of hydrogen-bond donors (Lipinski definition) is 1. The minimum Gasteiger partial charge on any atom is -0.302 e. The van der Waals surface area contributed by atoms with Crippen molar-refractivity contribution < 1.29 is 13.2 Å². The maximum absolute atomic E-state index is 13.4. The highest BCUT2D eigenvalue weighted by molar-refractivity contribution is 7.89. The van der Waals surface area contributed by atoms with E-state index in [2.05, 4.69) is 24.1 Å². The molecule has 0 saturated carbocycles. The second-order valence-electron chi connectivity index (χ2n) is 9.39. The van der Waals surface area contributed by atoms with Gasteiger partial charge in [-0.05, 0) is 42.2 Å². The Labute approximate surface area is 229 Å². The molecule has 4 rings (SSSR count). The quantitative estimate of drug-likeness (QED) is 0.194. The molecule has 1 heterocycles. The molecule has 0 unspecified atom stereocenters. The Kier molecular flexibility index (Phi) is 9.66. The summed E-state index contributed by atoms with van der Waals surface area (Å²) in [4.78, 5) is 17.9. The molecule has 4 aromatic rings. The Morgan fingerprint density at radius 2 is 1.47 bits per heavy atom. The Hall–Kier alpha value is -3.07. The summed E-state index contributed by atoms with van der Waals surface area (Å²) >= 11 is 1.30. The smallest absolute Gasteiger partial charge is 0.243 e. The molecule has 0 radical (unpaired) electrons. The topological polar surface area (TPSA) is 79.4 Å². The van der Waals surface area contributed by atoms with E-state index < -0.39 is 10.0 Å². The molecule has 1 N–H and O–H groups in total. The van der Waals surface area contributed by atoms with Crippen molar-refractivity contribution in [2.24, 2.45) is 0 Å². The zero-order valence-corrected chi connectivity index (χ0v) is 23.6. The van der Waals surface area contributed by atoms with Crippen molar-refractivity contribution in [3.05, 3.63) is 90.0 Å². The molecule has 6 nitrogen and oxygen atoms in total. The number of nitrogens with one attached hydrogen (secondary N) is 1. The number of amides is 1. The molecule has 0 aliphatic heterocycles. The fourth-order valence-corrected chi connectivity index (χ4v) is 6.98. The first-order valence-corrected chi connectivity index (χ1v) is 15.5. The van der Waals surface area contributed by atoms with E-state index in [4.69, 9.17) is 0 Å². The minimum absolute atomic E-state index is 0.0826. The minimum atomic E-state index is -3.60. The molecule has 0 atom stereocenters. The molecule has 1 aromatic heterocycles. The average Bonchev–Trinajstić information content (AvgIpc) is 3.34. The summed E-state index contributed by atoms with van der Waals surface area (Å²) in [6, 6.07) is 25.0. The molecule has 8 heteroatoms. The summed E-state index contributed by atoms with van der Waals surface area (Å²) in [6.45, 7) is 5.16. The zero-order chi connectivity index (χ0) is 27.0. The van der Waals surface area contributed by atoms with Gasteiger partial charge in [0.25, 0.3) is 0 Å². The number of benzene rings is 3. The third-order valence-electron chi connectivity index (χ3n) is 6.56. The Bertz CT molecular complexity index is 1390. The Balaban J connectivity index is 1.53. The standard InChI is InChI=1S/C30H35N3O3S2/c1-3-5-19-33(20-6-4-2)38(35,36)25-17-18-27-28(21-25)37-30(31-27)32-29(34)22-26(23-13-9-7-10-14-23)24-15-11-8-12-16-24/h7-18,21,26H,3-6,19-20,22H2,1-2H3,(H,31,32,34). The second-order valence-corrected chi connectivity index (χ2v) is 12.4. The lowest BCUT2D eigenvalue weighted by Gasteiger charge is -2.21. The number of rotatable bonds is 13. The first kappa shape index (κ1) is 28.0. The van der Waals surface area contributed by atoms with Crippen LogP contribution in [0, 0.1) is 0 Å². The molecular weight excluding hydrogens is 514 g/mol. The number of fused-ring (bicyclic) bond motifs is 1. The van der Waals surface area contributed by atoms with Crippen molar-refractivity contribution in [2.45, 2.75) is 56.8 Å². The molecule has 0 fully saturated rings. The fourth-order valence-electron chi connectivity index (χ4n) is 4.44. The predicted octanol–water partition coefficient (Wildman–Crippen LogP) is 7.05. The summed E-state index contributed by atoms with van der Waals surface area (Å²) in [6.07, 6.45) is 3.80. The number of thiazole rings is 1. The van der Waals surface area contributed by atoms with Gasteiger partial charge in [-0.15, -0.1) is 0 Å². The van der Waals surface area contributed by atoms with Crippen molar-refractivity contribution in [3.8, 4) is 0 Å². The summed E-state index contributed by atoms with van der Waals surface area (Å²) < 4.78 is 29.1. The van der Waals surface area contributed by atoms with Gasteiger partial charge in [0.05, 0.1) is 15.1 Å². The van der Waals surface area contributed by atoms with Crippen LogP contribution in [0.2, 0.25) is 0 Å². The average molecular weight is 550 g/mol. The molecule has 38 heavy (non-hydrogen) atoms. The lowest BCUT2D eigenvalue weighted by molar-refractivity contribution is -0.116. The van der Waals surface area contributed by atoms with Gasteiger partial charge >= 0.3 is 0 Å². The first-order chi connectivity index (χ1) is 18.4. The molecule has 0 bridgehead atoms. The molecule has 0 aliphatic carbocycles. The summed E-state index contributed by atoms with van der Waals surface area (Å²) in [7, 11) is -3.60. The number of hydrogen-bond acceptors (Lipinski definition) is 5. The van der Waals surface area contributed by atoms with Crippen LogP contribution in [-0.4, -0.2) is 36.7 Å². The Morgan fingerprint density at radius 1 is 0.895 bits per heavy atom. The highest BCUT2D eigenvalue weighted by atomic mass is 32.2. The van der Waals surface area contributed by atoms with Gasteiger partial charge in [0, 0.05) is 25.4 Å². The largest absolute Gasteiger partial charge is 0.302 e. The van der Waals surface area contributed by atoms with Crippen molar-refractivity contribution >= 4 is 42.6 Å². The second kappa shape index (κ2) is 13.1. The Morgan fingerprint density at radius 3 is 2.03 bits per heavy atom. The number of sulfonamides is 1. The van der Waals surface area contributed by atoms with Crippen LogP contribution in [0.1, 0.15) is 63.0 Å². The number of carbonyl (C=O) groups is 1. The van der Waals surface area contributed by atoms with E-state index in [1.54, 1.807) is 22.5 Å². The monoisotopic (exact) mass is 549 g/mol. The van der Waals surface area contributed by atoms with Crippen molar-refractivity contribution in [2.75, 3.05) is 18.4 Å². The zero-order valence-electron chi connectivity index (χ0n) is 22.0. The molecule has 1 amide bonds. The van der Waals surface area contributed by atoms with Gasteiger partial charge in [0.1, 0.15) is 0 Å².